The Morgan fingerprint density at radius 2 is 1.96 bits per heavy atom. The van der Waals surface area contributed by atoms with Crippen LogP contribution in [0.1, 0.15) is 26.4 Å². The van der Waals surface area contributed by atoms with Crippen LogP contribution in [0.15, 0.2) is 42.7 Å². The maximum Gasteiger partial charge on any atom is 0.354 e. The van der Waals surface area contributed by atoms with Gasteiger partial charge in [-0.3, -0.25) is 14.2 Å². The number of carboxylic acid groups (broad SMARTS) is 1. The number of carbonyl (C=O) groups excluding carboxylic acids is 1. The fourth-order valence-corrected chi connectivity index (χ4v) is 2.33. The van der Waals surface area contributed by atoms with Crippen LogP contribution in [0, 0.1) is 5.82 Å². The lowest BCUT2D eigenvalue weighted by Crippen LogP contribution is -2.17. The van der Waals surface area contributed by atoms with Crippen LogP contribution in [0.4, 0.5) is 10.2 Å². The van der Waals surface area contributed by atoms with Gasteiger partial charge < -0.3 is 10.4 Å². The summed E-state index contributed by atoms with van der Waals surface area (Å²) in [5.41, 5.74) is 0.592. The van der Waals surface area contributed by atoms with Gasteiger partial charge in [-0.15, -0.1) is 0 Å². The molecule has 2 aromatic heterocycles. The van der Waals surface area contributed by atoms with E-state index in [0.29, 0.717) is 6.54 Å². The number of amides is 1. The summed E-state index contributed by atoms with van der Waals surface area (Å²) in [6.45, 7) is 0.406. The first kappa shape index (κ1) is 16.4. The van der Waals surface area contributed by atoms with Gasteiger partial charge in [0, 0.05) is 19.3 Å². The molecule has 0 saturated heterocycles. The van der Waals surface area contributed by atoms with E-state index in [2.05, 4.69) is 15.5 Å². The average Bonchev–Trinajstić information content (AvgIpc) is 3.16. The topological polar surface area (TPSA) is 102 Å². The highest BCUT2D eigenvalue weighted by Gasteiger charge is 2.22. The lowest BCUT2D eigenvalue weighted by molar-refractivity contribution is 0.0680. The molecule has 0 bridgehead atoms. The van der Waals surface area contributed by atoms with Crippen molar-refractivity contribution in [2.45, 2.75) is 6.54 Å². The fraction of sp³-hybridized carbons (Fsp3) is 0.125. The maximum atomic E-state index is 12.9. The first-order chi connectivity index (χ1) is 11.9. The minimum Gasteiger partial charge on any atom is -0.477 e. The van der Waals surface area contributed by atoms with Crippen molar-refractivity contribution in [1.29, 1.82) is 0 Å². The van der Waals surface area contributed by atoms with Crippen molar-refractivity contribution in [1.82, 2.24) is 19.6 Å². The summed E-state index contributed by atoms with van der Waals surface area (Å²) in [6, 6.07) is 7.58. The molecule has 0 atom stereocenters. The number of hydrogen-bond acceptors (Lipinski definition) is 4. The van der Waals surface area contributed by atoms with Crippen molar-refractivity contribution in [3.05, 3.63) is 65.4 Å². The average molecular weight is 343 g/mol. The lowest BCUT2D eigenvalue weighted by Gasteiger charge is -2.03. The Kier molecular flexibility index (Phi) is 4.29. The van der Waals surface area contributed by atoms with Crippen LogP contribution in [-0.2, 0) is 13.6 Å². The van der Waals surface area contributed by atoms with Crippen LogP contribution < -0.4 is 5.32 Å². The van der Waals surface area contributed by atoms with Crippen LogP contribution in [0.3, 0.4) is 0 Å². The van der Waals surface area contributed by atoms with Crippen molar-refractivity contribution >= 4 is 17.7 Å². The highest BCUT2D eigenvalue weighted by Crippen LogP contribution is 2.12. The summed E-state index contributed by atoms with van der Waals surface area (Å²) >= 11 is 0. The highest BCUT2D eigenvalue weighted by atomic mass is 19.1. The number of benzene rings is 1. The molecule has 0 aliphatic carbocycles. The minimum atomic E-state index is -1.24. The van der Waals surface area contributed by atoms with Gasteiger partial charge in [-0.25, -0.2) is 9.18 Å². The summed E-state index contributed by atoms with van der Waals surface area (Å²) in [5.74, 6) is -1.90. The van der Waals surface area contributed by atoms with Gasteiger partial charge in [0.1, 0.15) is 5.82 Å². The van der Waals surface area contributed by atoms with Crippen molar-refractivity contribution in [2.75, 3.05) is 5.32 Å². The molecule has 8 nitrogen and oxygen atoms in total. The summed E-state index contributed by atoms with van der Waals surface area (Å²) in [4.78, 5) is 23.4. The van der Waals surface area contributed by atoms with E-state index in [4.69, 9.17) is 5.11 Å². The first-order valence-electron chi connectivity index (χ1n) is 7.28. The van der Waals surface area contributed by atoms with E-state index in [1.807, 2.05) is 0 Å². The van der Waals surface area contributed by atoms with E-state index >= 15 is 0 Å². The molecule has 25 heavy (non-hydrogen) atoms. The Balaban J connectivity index is 1.72. The second-order valence-electron chi connectivity index (χ2n) is 5.31. The molecule has 0 aliphatic heterocycles. The minimum absolute atomic E-state index is 0.0527. The zero-order valence-electron chi connectivity index (χ0n) is 13.2. The standard InChI is InChI=1S/C16H14FN5O3/c1-21-14(16(24)25)12(8-18-21)15(23)19-13-6-7-22(20-13)9-10-2-4-11(17)5-3-10/h2-8H,9H2,1H3,(H,24,25)(H,19,20,23). The molecular weight excluding hydrogens is 329 g/mol. The predicted molar refractivity (Wildman–Crippen MR) is 85.8 cm³/mol. The Hall–Kier alpha value is -3.49. The van der Waals surface area contributed by atoms with Crippen LogP contribution in [0.2, 0.25) is 0 Å². The molecule has 3 rings (SSSR count). The van der Waals surface area contributed by atoms with Gasteiger partial charge in [-0.2, -0.15) is 10.2 Å². The van der Waals surface area contributed by atoms with Gasteiger partial charge in [0.15, 0.2) is 11.5 Å². The number of rotatable bonds is 5. The molecule has 3 aromatic rings. The maximum absolute atomic E-state index is 12.9. The molecule has 1 amide bonds. The van der Waals surface area contributed by atoms with E-state index in [1.54, 1.807) is 29.1 Å². The molecule has 0 saturated carbocycles. The number of aromatic carboxylic acids is 1. The Bertz CT molecular complexity index is 930. The van der Waals surface area contributed by atoms with Gasteiger partial charge in [0.2, 0.25) is 0 Å². The lowest BCUT2D eigenvalue weighted by atomic mass is 10.2. The first-order valence-corrected chi connectivity index (χ1v) is 7.28. The molecule has 0 radical (unpaired) electrons. The summed E-state index contributed by atoms with van der Waals surface area (Å²) in [7, 11) is 1.44. The second kappa shape index (κ2) is 6.56. The Morgan fingerprint density at radius 3 is 2.64 bits per heavy atom. The number of hydrogen-bond donors (Lipinski definition) is 2. The second-order valence-corrected chi connectivity index (χ2v) is 5.31. The molecule has 2 heterocycles. The zero-order valence-corrected chi connectivity index (χ0v) is 13.2. The van der Waals surface area contributed by atoms with E-state index in [9.17, 15) is 14.0 Å². The number of aromatic nitrogens is 4. The summed E-state index contributed by atoms with van der Waals surface area (Å²) < 4.78 is 15.6. The molecule has 0 unspecified atom stereocenters. The number of halogens is 1. The van der Waals surface area contributed by atoms with Crippen molar-refractivity contribution < 1.29 is 19.1 Å². The number of carbonyl (C=O) groups is 2. The zero-order chi connectivity index (χ0) is 18.0. The normalized spacial score (nSPS) is 10.6. The molecule has 9 heteroatoms. The third kappa shape index (κ3) is 3.55. The third-order valence-corrected chi connectivity index (χ3v) is 3.53. The smallest absolute Gasteiger partial charge is 0.354 e. The van der Waals surface area contributed by atoms with E-state index < -0.39 is 11.9 Å². The molecular formula is C16H14FN5O3. The van der Waals surface area contributed by atoms with Gasteiger partial charge in [-0.05, 0) is 17.7 Å². The number of aryl methyl sites for hydroxylation is 1. The number of carboxylic acids is 1. The third-order valence-electron chi connectivity index (χ3n) is 3.53. The molecule has 0 spiro atoms. The summed E-state index contributed by atoms with van der Waals surface area (Å²) in [5, 5.41) is 19.7. The molecule has 0 aliphatic rings. The van der Waals surface area contributed by atoms with E-state index in [1.165, 1.54) is 25.4 Å². The quantitative estimate of drug-likeness (QED) is 0.735. The predicted octanol–water partition coefficient (Wildman–Crippen LogP) is 1.75. The van der Waals surface area contributed by atoms with Crippen LogP contribution in [0.5, 0.6) is 0 Å². The van der Waals surface area contributed by atoms with Gasteiger partial charge in [0.25, 0.3) is 5.91 Å². The number of nitrogens with zero attached hydrogens (tertiary/aromatic N) is 4. The molecule has 0 fully saturated rings. The fourth-order valence-electron chi connectivity index (χ4n) is 2.33. The number of anilines is 1. The van der Waals surface area contributed by atoms with Crippen LogP contribution in [0.25, 0.3) is 0 Å². The van der Waals surface area contributed by atoms with E-state index in [0.717, 1.165) is 10.2 Å². The molecule has 2 N–H and O–H groups in total. The largest absolute Gasteiger partial charge is 0.477 e. The van der Waals surface area contributed by atoms with Crippen molar-refractivity contribution in [3.8, 4) is 0 Å². The molecule has 1 aromatic carbocycles. The number of nitrogens with one attached hydrogen (secondary N) is 1. The van der Waals surface area contributed by atoms with Crippen molar-refractivity contribution in [2.24, 2.45) is 7.05 Å². The van der Waals surface area contributed by atoms with Gasteiger partial charge in [0.05, 0.1) is 18.3 Å². The van der Waals surface area contributed by atoms with Gasteiger partial charge >= 0.3 is 5.97 Å². The van der Waals surface area contributed by atoms with Crippen molar-refractivity contribution in [3.63, 3.8) is 0 Å². The summed E-state index contributed by atoms with van der Waals surface area (Å²) in [6.07, 6.45) is 2.84. The Morgan fingerprint density at radius 1 is 1.24 bits per heavy atom. The van der Waals surface area contributed by atoms with Crippen LogP contribution in [-0.4, -0.2) is 36.5 Å². The monoisotopic (exact) mass is 343 g/mol. The Labute approximate surface area is 141 Å². The van der Waals surface area contributed by atoms with E-state index in [-0.39, 0.29) is 22.9 Å². The van der Waals surface area contributed by atoms with Gasteiger partial charge in [-0.1, -0.05) is 12.1 Å². The highest BCUT2D eigenvalue weighted by molar-refractivity contribution is 6.09. The van der Waals surface area contributed by atoms with Crippen LogP contribution >= 0.6 is 0 Å². The SMILES string of the molecule is Cn1ncc(C(=O)Nc2ccn(Cc3ccc(F)cc3)n2)c1C(=O)O. The molecule has 128 valence electrons.